The SMILES string of the molecule is COC(=O)c1cc(Cl)cc2c1NC(c1cccc(N3CCN(C(C)=O)CC3)c1)C(C)(C)C2. The molecule has 1 atom stereocenters. The number of halogens is 1. The molecule has 1 amide bonds. The van der Waals surface area contributed by atoms with Crippen molar-refractivity contribution in [2.75, 3.05) is 43.5 Å². The molecule has 7 heteroatoms. The van der Waals surface area contributed by atoms with Crippen LogP contribution in [0.25, 0.3) is 0 Å². The van der Waals surface area contributed by atoms with E-state index in [4.69, 9.17) is 16.3 Å². The van der Waals surface area contributed by atoms with Gasteiger partial charge in [-0.2, -0.15) is 0 Å². The molecule has 1 fully saturated rings. The standard InChI is InChI=1S/C25H30ClN3O3/c1-16(30)28-8-10-29(11-9-28)20-7-5-6-17(13-20)23-25(2,3)15-18-12-19(26)14-21(22(18)27-23)24(31)32-4/h5-7,12-14,23,27H,8-11,15H2,1-4H3. The first-order valence-electron chi connectivity index (χ1n) is 11.0. The van der Waals surface area contributed by atoms with Gasteiger partial charge < -0.3 is 19.9 Å². The highest BCUT2D eigenvalue weighted by atomic mass is 35.5. The summed E-state index contributed by atoms with van der Waals surface area (Å²) in [4.78, 5) is 28.3. The number of nitrogens with one attached hydrogen (secondary N) is 1. The normalized spacial score (nSPS) is 19.7. The van der Waals surface area contributed by atoms with Crippen LogP contribution < -0.4 is 10.2 Å². The molecule has 2 aromatic rings. The van der Waals surface area contributed by atoms with Crippen molar-refractivity contribution in [3.05, 3.63) is 58.1 Å². The van der Waals surface area contributed by atoms with Crippen LogP contribution in [-0.2, 0) is 16.0 Å². The Morgan fingerprint density at radius 3 is 2.50 bits per heavy atom. The van der Waals surface area contributed by atoms with Crippen molar-refractivity contribution >= 4 is 34.9 Å². The first-order valence-corrected chi connectivity index (χ1v) is 11.3. The van der Waals surface area contributed by atoms with Gasteiger partial charge in [-0.15, -0.1) is 0 Å². The van der Waals surface area contributed by atoms with Gasteiger partial charge in [-0.05, 0) is 47.2 Å². The van der Waals surface area contributed by atoms with Crippen LogP contribution in [0, 0.1) is 5.41 Å². The number of amides is 1. The van der Waals surface area contributed by atoms with Crippen LogP contribution in [0.1, 0.15) is 48.3 Å². The Morgan fingerprint density at radius 2 is 1.84 bits per heavy atom. The maximum Gasteiger partial charge on any atom is 0.340 e. The quantitative estimate of drug-likeness (QED) is 0.689. The third kappa shape index (κ3) is 4.29. The van der Waals surface area contributed by atoms with Crippen molar-refractivity contribution in [1.82, 2.24) is 4.90 Å². The number of fused-ring (bicyclic) bond motifs is 1. The molecule has 6 nitrogen and oxygen atoms in total. The van der Waals surface area contributed by atoms with E-state index < -0.39 is 5.97 Å². The second-order valence-corrected chi connectivity index (χ2v) is 9.75. The van der Waals surface area contributed by atoms with E-state index in [-0.39, 0.29) is 17.4 Å². The van der Waals surface area contributed by atoms with Gasteiger partial charge in [0, 0.05) is 43.8 Å². The van der Waals surface area contributed by atoms with Crippen molar-refractivity contribution < 1.29 is 14.3 Å². The number of ether oxygens (including phenoxy) is 1. The lowest BCUT2D eigenvalue weighted by Crippen LogP contribution is -2.48. The summed E-state index contributed by atoms with van der Waals surface area (Å²) < 4.78 is 5.00. The number of hydrogen-bond acceptors (Lipinski definition) is 5. The zero-order valence-corrected chi connectivity index (χ0v) is 19.8. The Balaban J connectivity index is 1.64. The molecule has 0 spiro atoms. The molecule has 0 aliphatic carbocycles. The number of benzene rings is 2. The van der Waals surface area contributed by atoms with E-state index in [2.05, 4.69) is 48.3 Å². The van der Waals surface area contributed by atoms with Crippen LogP contribution in [0.2, 0.25) is 5.02 Å². The van der Waals surface area contributed by atoms with Crippen LogP contribution in [0.4, 0.5) is 11.4 Å². The van der Waals surface area contributed by atoms with Crippen LogP contribution >= 0.6 is 11.6 Å². The van der Waals surface area contributed by atoms with Crippen molar-refractivity contribution in [2.24, 2.45) is 5.41 Å². The molecule has 1 saturated heterocycles. The summed E-state index contributed by atoms with van der Waals surface area (Å²) in [5.41, 5.74) is 4.50. The first-order chi connectivity index (χ1) is 15.2. The zero-order chi connectivity index (χ0) is 23.0. The number of carbonyl (C=O) groups is 2. The van der Waals surface area contributed by atoms with Crippen molar-refractivity contribution in [3.63, 3.8) is 0 Å². The van der Waals surface area contributed by atoms with Gasteiger partial charge in [0.25, 0.3) is 0 Å². The Kier molecular flexibility index (Phi) is 6.08. The van der Waals surface area contributed by atoms with Crippen LogP contribution in [0.3, 0.4) is 0 Å². The zero-order valence-electron chi connectivity index (χ0n) is 19.1. The third-order valence-corrected chi connectivity index (χ3v) is 6.82. The highest BCUT2D eigenvalue weighted by Gasteiger charge is 2.38. The van der Waals surface area contributed by atoms with Gasteiger partial charge in [-0.25, -0.2) is 4.79 Å². The molecule has 0 aromatic heterocycles. The number of rotatable bonds is 3. The summed E-state index contributed by atoms with van der Waals surface area (Å²) in [6, 6.07) is 12.2. The Hall–Kier alpha value is -2.73. The summed E-state index contributed by atoms with van der Waals surface area (Å²) in [6.07, 6.45) is 0.784. The number of piperazine rings is 1. The minimum Gasteiger partial charge on any atom is -0.465 e. The number of nitrogens with zero attached hydrogens (tertiary/aromatic N) is 2. The van der Waals surface area contributed by atoms with Crippen LogP contribution in [-0.4, -0.2) is 50.1 Å². The molecule has 2 aliphatic rings. The number of methoxy groups -OCH3 is 1. The first kappa shape index (κ1) is 22.5. The molecule has 2 heterocycles. The van der Waals surface area contributed by atoms with Gasteiger partial charge in [-0.1, -0.05) is 37.6 Å². The van der Waals surface area contributed by atoms with E-state index in [9.17, 15) is 9.59 Å². The fourth-order valence-corrected chi connectivity index (χ4v) is 5.13. The summed E-state index contributed by atoms with van der Waals surface area (Å²) in [5, 5.41) is 4.17. The lowest BCUT2D eigenvalue weighted by atomic mass is 9.72. The molecule has 170 valence electrons. The molecule has 0 bridgehead atoms. The van der Waals surface area contributed by atoms with Gasteiger partial charge >= 0.3 is 5.97 Å². The van der Waals surface area contributed by atoms with Gasteiger partial charge in [0.05, 0.1) is 24.4 Å². The molecular weight excluding hydrogens is 426 g/mol. The van der Waals surface area contributed by atoms with Crippen LogP contribution in [0.5, 0.6) is 0 Å². The fourth-order valence-electron chi connectivity index (χ4n) is 4.89. The maximum absolute atomic E-state index is 12.4. The Morgan fingerprint density at radius 1 is 1.12 bits per heavy atom. The second-order valence-electron chi connectivity index (χ2n) is 9.31. The van der Waals surface area contributed by atoms with E-state index in [1.165, 1.54) is 7.11 Å². The van der Waals surface area contributed by atoms with Gasteiger partial charge in [0.2, 0.25) is 5.91 Å². The lowest BCUT2D eigenvalue weighted by molar-refractivity contribution is -0.129. The minimum absolute atomic E-state index is 0.0121. The average molecular weight is 456 g/mol. The topological polar surface area (TPSA) is 61.9 Å². The highest BCUT2D eigenvalue weighted by molar-refractivity contribution is 6.31. The third-order valence-electron chi connectivity index (χ3n) is 6.60. The van der Waals surface area contributed by atoms with Gasteiger partial charge in [0.15, 0.2) is 0 Å². The predicted octanol–water partition coefficient (Wildman–Crippen LogP) is 4.53. The molecule has 2 aliphatic heterocycles. The molecule has 0 radical (unpaired) electrons. The molecule has 4 rings (SSSR count). The summed E-state index contributed by atoms with van der Waals surface area (Å²) in [6.45, 7) is 9.19. The predicted molar refractivity (Wildman–Crippen MR) is 128 cm³/mol. The Bertz CT molecular complexity index is 1040. The number of carbonyl (C=O) groups excluding carboxylic acids is 2. The summed E-state index contributed by atoms with van der Waals surface area (Å²) >= 11 is 6.30. The van der Waals surface area contributed by atoms with Crippen molar-refractivity contribution in [1.29, 1.82) is 0 Å². The smallest absolute Gasteiger partial charge is 0.340 e. The van der Waals surface area contributed by atoms with Crippen molar-refractivity contribution in [2.45, 2.75) is 33.2 Å². The number of hydrogen-bond donors (Lipinski definition) is 1. The van der Waals surface area contributed by atoms with E-state index in [1.54, 1.807) is 13.0 Å². The molecular formula is C25H30ClN3O3. The van der Waals surface area contributed by atoms with E-state index in [0.717, 1.165) is 55.1 Å². The molecule has 0 saturated carbocycles. The molecule has 1 unspecified atom stereocenters. The highest BCUT2D eigenvalue weighted by Crippen LogP contribution is 2.47. The molecule has 2 aromatic carbocycles. The minimum atomic E-state index is -0.396. The lowest BCUT2D eigenvalue weighted by Gasteiger charge is -2.42. The Labute approximate surface area is 194 Å². The van der Waals surface area contributed by atoms with E-state index in [0.29, 0.717) is 10.6 Å². The monoisotopic (exact) mass is 455 g/mol. The van der Waals surface area contributed by atoms with Gasteiger partial charge in [-0.3, -0.25) is 4.79 Å². The van der Waals surface area contributed by atoms with E-state index >= 15 is 0 Å². The second kappa shape index (κ2) is 8.66. The largest absolute Gasteiger partial charge is 0.465 e. The average Bonchev–Trinajstić information content (AvgIpc) is 2.77. The maximum atomic E-state index is 12.4. The van der Waals surface area contributed by atoms with Crippen molar-refractivity contribution in [3.8, 4) is 0 Å². The van der Waals surface area contributed by atoms with E-state index in [1.807, 2.05) is 11.0 Å². The number of anilines is 2. The fraction of sp³-hybridized carbons (Fsp3) is 0.440. The van der Waals surface area contributed by atoms with Gasteiger partial charge in [0.1, 0.15) is 0 Å². The van der Waals surface area contributed by atoms with Crippen LogP contribution in [0.15, 0.2) is 36.4 Å². The summed E-state index contributed by atoms with van der Waals surface area (Å²) in [7, 11) is 1.38. The molecule has 1 N–H and O–H groups in total. The number of esters is 1. The summed E-state index contributed by atoms with van der Waals surface area (Å²) in [5.74, 6) is -0.265. The molecule has 32 heavy (non-hydrogen) atoms.